The van der Waals surface area contributed by atoms with Gasteiger partial charge in [-0.25, -0.2) is 0 Å². The quantitative estimate of drug-likeness (QED) is 0.625. The fourth-order valence-electron chi connectivity index (χ4n) is 3.38. The summed E-state index contributed by atoms with van der Waals surface area (Å²) in [6, 6.07) is 15.9. The first-order valence-corrected chi connectivity index (χ1v) is 9.85. The van der Waals surface area contributed by atoms with Gasteiger partial charge in [0.15, 0.2) is 12.4 Å². The molecule has 0 bridgehead atoms. The van der Waals surface area contributed by atoms with Gasteiger partial charge < -0.3 is 15.0 Å². The summed E-state index contributed by atoms with van der Waals surface area (Å²) in [7, 11) is 0. The molecule has 0 spiro atoms. The van der Waals surface area contributed by atoms with Gasteiger partial charge in [0.2, 0.25) is 0 Å². The first-order valence-electron chi connectivity index (χ1n) is 9.85. The summed E-state index contributed by atoms with van der Waals surface area (Å²) < 4.78 is 5.50. The number of fused-ring (bicyclic) bond motifs is 1. The van der Waals surface area contributed by atoms with Gasteiger partial charge in [0.25, 0.3) is 11.8 Å². The lowest BCUT2D eigenvalue weighted by Crippen LogP contribution is -2.38. The Hall–Kier alpha value is -4.00. The van der Waals surface area contributed by atoms with Gasteiger partial charge in [0.05, 0.1) is 12.2 Å². The molecule has 2 amide bonds. The van der Waals surface area contributed by atoms with Gasteiger partial charge in [0, 0.05) is 30.1 Å². The number of ketones is 1. The summed E-state index contributed by atoms with van der Waals surface area (Å²) in [6.45, 7) is 2.04. The number of carbonyl (C=O) groups excluding carboxylic acids is 3. The molecule has 3 aromatic rings. The van der Waals surface area contributed by atoms with Crippen molar-refractivity contribution in [3.05, 3.63) is 89.2 Å². The Labute approximate surface area is 179 Å². The molecule has 2 heterocycles. The van der Waals surface area contributed by atoms with Crippen molar-refractivity contribution in [2.24, 2.45) is 0 Å². The van der Waals surface area contributed by atoms with Crippen LogP contribution in [0.25, 0.3) is 0 Å². The molecule has 1 aromatic heterocycles. The maximum atomic E-state index is 12.6. The minimum absolute atomic E-state index is 0.0717. The Morgan fingerprint density at radius 3 is 2.68 bits per heavy atom. The smallest absolute Gasteiger partial charge is 0.265 e. The summed E-state index contributed by atoms with van der Waals surface area (Å²) in [4.78, 5) is 42.5. The van der Waals surface area contributed by atoms with E-state index >= 15 is 0 Å². The van der Waals surface area contributed by atoms with E-state index in [2.05, 4.69) is 10.3 Å². The minimum atomic E-state index is -0.210. The van der Waals surface area contributed by atoms with E-state index in [0.717, 1.165) is 11.1 Å². The fourth-order valence-corrected chi connectivity index (χ4v) is 3.38. The zero-order valence-electron chi connectivity index (χ0n) is 17.0. The zero-order valence-corrected chi connectivity index (χ0v) is 17.0. The summed E-state index contributed by atoms with van der Waals surface area (Å²) in [6.07, 6.45) is 3.38. The SMILES string of the molecule is CC(=O)c1ccc2c(c1)N(Cc1cccc(C(=O)NCc3cccnc3)c1)C(=O)CO2. The van der Waals surface area contributed by atoms with E-state index in [9.17, 15) is 14.4 Å². The number of hydrogen-bond donors (Lipinski definition) is 1. The topological polar surface area (TPSA) is 88.6 Å². The van der Waals surface area contributed by atoms with Crippen LogP contribution in [-0.2, 0) is 17.9 Å². The second-order valence-corrected chi connectivity index (χ2v) is 7.25. The number of nitrogens with one attached hydrogen (secondary N) is 1. The number of benzene rings is 2. The van der Waals surface area contributed by atoms with Crippen LogP contribution in [0, 0.1) is 0 Å². The van der Waals surface area contributed by atoms with Crippen molar-refractivity contribution in [1.82, 2.24) is 10.3 Å². The predicted molar refractivity (Wildman–Crippen MR) is 115 cm³/mol. The molecule has 0 atom stereocenters. The monoisotopic (exact) mass is 415 g/mol. The molecular formula is C24H21N3O4. The molecule has 156 valence electrons. The molecule has 4 rings (SSSR count). The molecule has 1 aliphatic rings. The Morgan fingerprint density at radius 1 is 1.06 bits per heavy atom. The van der Waals surface area contributed by atoms with E-state index < -0.39 is 0 Å². The van der Waals surface area contributed by atoms with Crippen molar-refractivity contribution in [2.45, 2.75) is 20.0 Å². The van der Waals surface area contributed by atoms with Crippen molar-refractivity contribution in [1.29, 1.82) is 0 Å². The lowest BCUT2D eigenvalue weighted by atomic mass is 10.1. The van der Waals surface area contributed by atoms with Crippen molar-refractivity contribution < 1.29 is 19.1 Å². The Morgan fingerprint density at radius 2 is 1.90 bits per heavy atom. The van der Waals surface area contributed by atoms with Crippen LogP contribution < -0.4 is 15.0 Å². The number of anilines is 1. The number of aromatic nitrogens is 1. The molecule has 0 fully saturated rings. The number of nitrogens with zero attached hydrogens (tertiary/aromatic N) is 2. The van der Waals surface area contributed by atoms with Crippen LogP contribution >= 0.6 is 0 Å². The van der Waals surface area contributed by atoms with Crippen molar-refractivity contribution >= 4 is 23.3 Å². The van der Waals surface area contributed by atoms with Crippen molar-refractivity contribution in [2.75, 3.05) is 11.5 Å². The van der Waals surface area contributed by atoms with Crippen LogP contribution in [0.5, 0.6) is 5.75 Å². The van der Waals surface area contributed by atoms with Crippen LogP contribution in [-0.4, -0.2) is 29.2 Å². The second kappa shape index (κ2) is 8.79. The Bertz CT molecular complexity index is 1140. The maximum absolute atomic E-state index is 12.6. The van der Waals surface area contributed by atoms with Crippen molar-refractivity contribution in [3.63, 3.8) is 0 Å². The molecule has 0 saturated carbocycles. The molecule has 2 aromatic carbocycles. The number of ether oxygens (including phenoxy) is 1. The predicted octanol–water partition coefficient (Wildman–Crippen LogP) is 3.14. The number of carbonyl (C=O) groups is 3. The molecule has 7 heteroatoms. The van der Waals surface area contributed by atoms with Gasteiger partial charge >= 0.3 is 0 Å². The molecule has 1 aliphatic heterocycles. The lowest BCUT2D eigenvalue weighted by molar-refractivity contribution is -0.121. The Kier molecular flexibility index (Phi) is 5.75. The summed E-state index contributed by atoms with van der Waals surface area (Å²) in [5.41, 5.74) is 3.26. The molecule has 0 radical (unpaired) electrons. The number of amides is 2. The van der Waals surface area contributed by atoms with E-state index in [1.807, 2.05) is 18.2 Å². The standard InChI is InChI=1S/C24H21N3O4/c1-16(28)19-7-8-22-21(11-19)27(23(29)15-31-22)14-17-4-2-6-20(10-17)24(30)26-13-18-5-3-9-25-12-18/h2-12H,13-15H2,1H3,(H,26,30). The fraction of sp³-hybridized carbons (Fsp3) is 0.167. The number of Topliss-reactive ketones (excluding diaryl/α,β-unsaturated/α-hetero) is 1. The minimum Gasteiger partial charge on any atom is -0.482 e. The summed E-state index contributed by atoms with van der Waals surface area (Å²) in [5.74, 6) is 0.0425. The highest BCUT2D eigenvalue weighted by molar-refractivity contribution is 6.01. The van der Waals surface area contributed by atoms with Crippen LogP contribution in [0.3, 0.4) is 0 Å². The normalized spacial score (nSPS) is 12.7. The van der Waals surface area contributed by atoms with Crippen molar-refractivity contribution in [3.8, 4) is 5.75 Å². The zero-order chi connectivity index (χ0) is 21.8. The lowest BCUT2D eigenvalue weighted by Gasteiger charge is -2.30. The summed E-state index contributed by atoms with van der Waals surface area (Å²) >= 11 is 0. The van der Waals surface area contributed by atoms with Gasteiger partial charge in [-0.3, -0.25) is 19.4 Å². The molecule has 0 aliphatic carbocycles. The first kappa shape index (κ1) is 20.3. The highest BCUT2D eigenvalue weighted by Gasteiger charge is 2.26. The number of pyridine rings is 1. The van der Waals surface area contributed by atoms with Gasteiger partial charge in [-0.1, -0.05) is 18.2 Å². The van der Waals surface area contributed by atoms with E-state index in [1.165, 1.54) is 6.92 Å². The van der Waals surface area contributed by atoms with E-state index in [-0.39, 0.29) is 30.7 Å². The van der Waals surface area contributed by atoms with Gasteiger partial charge in [-0.05, 0) is 54.4 Å². The van der Waals surface area contributed by atoms with E-state index in [4.69, 9.17) is 4.74 Å². The highest BCUT2D eigenvalue weighted by atomic mass is 16.5. The molecule has 0 unspecified atom stereocenters. The first-order chi connectivity index (χ1) is 15.0. The van der Waals surface area contributed by atoms with Crippen LogP contribution in [0.15, 0.2) is 67.0 Å². The second-order valence-electron chi connectivity index (χ2n) is 7.25. The van der Waals surface area contributed by atoms with Crippen LogP contribution in [0.2, 0.25) is 0 Å². The third kappa shape index (κ3) is 4.61. The number of rotatable bonds is 6. The van der Waals surface area contributed by atoms with Gasteiger partial charge in [-0.2, -0.15) is 0 Å². The molecular weight excluding hydrogens is 394 g/mol. The average molecular weight is 415 g/mol. The van der Waals surface area contributed by atoms with Crippen LogP contribution in [0.1, 0.15) is 38.8 Å². The summed E-state index contributed by atoms with van der Waals surface area (Å²) in [5, 5.41) is 2.87. The highest BCUT2D eigenvalue weighted by Crippen LogP contribution is 2.34. The third-order valence-electron chi connectivity index (χ3n) is 5.01. The van der Waals surface area contributed by atoms with E-state index in [0.29, 0.717) is 29.1 Å². The molecule has 1 N–H and O–H groups in total. The van der Waals surface area contributed by atoms with Gasteiger partial charge in [-0.15, -0.1) is 0 Å². The maximum Gasteiger partial charge on any atom is 0.265 e. The average Bonchev–Trinajstić information content (AvgIpc) is 2.80. The van der Waals surface area contributed by atoms with Crippen LogP contribution in [0.4, 0.5) is 5.69 Å². The Balaban J connectivity index is 1.52. The van der Waals surface area contributed by atoms with Gasteiger partial charge in [0.1, 0.15) is 5.75 Å². The number of hydrogen-bond acceptors (Lipinski definition) is 5. The largest absolute Gasteiger partial charge is 0.482 e. The van der Waals surface area contributed by atoms with E-state index in [1.54, 1.807) is 53.7 Å². The third-order valence-corrected chi connectivity index (χ3v) is 5.01. The molecule has 31 heavy (non-hydrogen) atoms. The molecule has 0 saturated heterocycles. The molecule has 7 nitrogen and oxygen atoms in total.